The van der Waals surface area contributed by atoms with Gasteiger partial charge in [0, 0.05) is 13.1 Å². The van der Waals surface area contributed by atoms with Crippen LogP contribution in [0, 0.1) is 0 Å². The number of sulfonamides is 1. The minimum atomic E-state index is -3.66. The number of aliphatic carboxylic acids is 1. The molecule has 6 heteroatoms. The Bertz CT molecular complexity index is 342. The van der Waals surface area contributed by atoms with Crippen LogP contribution in [0.25, 0.3) is 0 Å². The first-order valence-corrected chi connectivity index (χ1v) is 9.24. The fourth-order valence-electron chi connectivity index (χ4n) is 2.07. The van der Waals surface area contributed by atoms with Crippen LogP contribution in [0.5, 0.6) is 0 Å². The van der Waals surface area contributed by atoms with Crippen LogP contribution in [0.4, 0.5) is 0 Å². The zero-order valence-electron chi connectivity index (χ0n) is 12.8. The molecule has 0 bridgehead atoms. The predicted molar refractivity (Wildman–Crippen MR) is 81.3 cm³/mol. The summed E-state index contributed by atoms with van der Waals surface area (Å²) in [6.45, 7) is 5.09. The number of carboxylic acids is 1. The van der Waals surface area contributed by atoms with E-state index in [9.17, 15) is 13.2 Å². The van der Waals surface area contributed by atoms with Crippen LogP contribution in [-0.2, 0) is 14.8 Å². The summed E-state index contributed by atoms with van der Waals surface area (Å²) in [5.74, 6) is -2.08. The molecule has 0 saturated heterocycles. The predicted octanol–water partition coefficient (Wildman–Crippen LogP) is 2.86. The van der Waals surface area contributed by atoms with E-state index in [0.29, 0.717) is 13.1 Å². The standard InChI is InChI=1S/C14H29NO4S/c1-3-5-7-9-11-15(12-10-8-6-4-2)20(18,19)13-14(16)17/h3-13H2,1-2H3,(H,16,17). The third-order valence-corrected chi connectivity index (χ3v) is 4.99. The van der Waals surface area contributed by atoms with Crippen LogP contribution in [0.1, 0.15) is 65.2 Å². The van der Waals surface area contributed by atoms with Gasteiger partial charge < -0.3 is 5.11 Å². The quantitative estimate of drug-likeness (QED) is 0.531. The van der Waals surface area contributed by atoms with Gasteiger partial charge in [-0.25, -0.2) is 12.7 Å². The summed E-state index contributed by atoms with van der Waals surface area (Å²) in [6, 6.07) is 0. The summed E-state index contributed by atoms with van der Waals surface area (Å²) in [5, 5.41) is 8.71. The van der Waals surface area contributed by atoms with Crippen LogP contribution < -0.4 is 0 Å². The summed E-state index contributed by atoms with van der Waals surface area (Å²) < 4.78 is 25.4. The molecule has 0 heterocycles. The SMILES string of the molecule is CCCCCCN(CCCCCC)S(=O)(=O)CC(=O)O. The number of carboxylic acid groups (broad SMARTS) is 1. The molecule has 0 aliphatic carbocycles. The van der Waals surface area contributed by atoms with E-state index in [4.69, 9.17) is 5.11 Å². The summed E-state index contributed by atoms with van der Waals surface area (Å²) >= 11 is 0. The Morgan fingerprint density at radius 1 is 0.900 bits per heavy atom. The molecule has 5 nitrogen and oxygen atoms in total. The van der Waals surface area contributed by atoms with E-state index in [0.717, 1.165) is 51.4 Å². The lowest BCUT2D eigenvalue weighted by atomic mass is 10.2. The Labute approximate surface area is 123 Å². The van der Waals surface area contributed by atoms with Gasteiger partial charge in [0.05, 0.1) is 0 Å². The highest BCUT2D eigenvalue weighted by molar-refractivity contribution is 7.89. The number of rotatable bonds is 13. The van der Waals surface area contributed by atoms with Gasteiger partial charge in [0.15, 0.2) is 5.75 Å². The Morgan fingerprint density at radius 2 is 1.35 bits per heavy atom. The van der Waals surface area contributed by atoms with Crippen molar-refractivity contribution in [3.05, 3.63) is 0 Å². The fraction of sp³-hybridized carbons (Fsp3) is 0.929. The van der Waals surface area contributed by atoms with E-state index in [-0.39, 0.29) is 0 Å². The van der Waals surface area contributed by atoms with Crippen molar-refractivity contribution in [2.24, 2.45) is 0 Å². The molecule has 0 aliphatic rings. The van der Waals surface area contributed by atoms with Crippen molar-refractivity contribution < 1.29 is 18.3 Å². The Morgan fingerprint density at radius 3 is 1.70 bits per heavy atom. The molecule has 0 unspecified atom stereocenters. The van der Waals surface area contributed by atoms with Crippen LogP contribution in [0.2, 0.25) is 0 Å². The third-order valence-electron chi connectivity index (χ3n) is 3.22. The largest absolute Gasteiger partial charge is 0.480 e. The van der Waals surface area contributed by atoms with Gasteiger partial charge in [0.2, 0.25) is 10.0 Å². The topological polar surface area (TPSA) is 74.7 Å². The highest BCUT2D eigenvalue weighted by Gasteiger charge is 2.24. The van der Waals surface area contributed by atoms with Gasteiger partial charge in [-0.2, -0.15) is 0 Å². The van der Waals surface area contributed by atoms with Crippen molar-refractivity contribution in [1.29, 1.82) is 0 Å². The minimum absolute atomic E-state index is 0.446. The molecule has 0 aromatic carbocycles. The van der Waals surface area contributed by atoms with Crippen molar-refractivity contribution >= 4 is 16.0 Å². The summed E-state index contributed by atoms with van der Waals surface area (Å²) in [5.41, 5.74) is 0. The van der Waals surface area contributed by atoms with E-state index in [1.807, 2.05) is 0 Å². The molecule has 0 rings (SSSR count). The van der Waals surface area contributed by atoms with Crippen LogP contribution >= 0.6 is 0 Å². The maximum atomic E-state index is 12.0. The molecule has 0 spiro atoms. The van der Waals surface area contributed by atoms with Crippen molar-refractivity contribution in [2.75, 3.05) is 18.8 Å². The van der Waals surface area contributed by atoms with Gasteiger partial charge >= 0.3 is 5.97 Å². The number of hydrogen-bond acceptors (Lipinski definition) is 3. The van der Waals surface area contributed by atoms with Gasteiger partial charge in [-0.3, -0.25) is 4.79 Å². The summed E-state index contributed by atoms with van der Waals surface area (Å²) in [6.07, 6.45) is 7.96. The fourth-order valence-corrected chi connectivity index (χ4v) is 3.38. The number of nitrogens with zero attached hydrogens (tertiary/aromatic N) is 1. The van der Waals surface area contributed by atoms with Gasteiger partial charge in [0.25, 0.3) is 0 Å². The van der Waals surface area contributed by atoms with Gasteiger partial charge in [0.1, 0.15) is 0 Å². The molecule has 0 atom stereocenters. The first kappa shape index (κ1) is 19.4. The molecule has 20 heavy (non-hydrogen) atoms. The van der Waals surface area contributed by atoms with E-state index in [2.05, 4.69) is 13.8 Å². The van der Waals surface area contributed by atoms with Gasteiger partial charge in [-0.15, -0.1) is 0 Å². The first-order chi connectivity index (χ1) is 9.44. The molecule has 0 radical (unpaired) electrons. The molecular weight excluding hydrogens is 278 g/mol. The monoisotopic (exact) mass is 307 g/mol. The number of unbranched alkanes of at least 4 members (excludes halogenated alkanes) is 6. The van der Waals surface area contributed by atoms with E-state index in [1.54, 1.807) is 0 Å². The Kier molecular flexibility index (Phi) is 10.7. The van der Waals surface area contributed by atoms with Gasteiger partial charge in [-0.1, -0.05) is 52.4 Å². The molecule has 0 aromatic heterocycles. The number of carbonyl (C=O) groups is 1. The van der Waals surface area contributed by atoms with Crippen molar-refractivity contribution in [3.8, 4) is 0 Å². The Balaban J connectivity index is 4.40. The Hall–Kier alpha value is -0.620. The molecule has 0 aliphatic heterocycles. The normalized spacial score (nSPS) is 11.9. The average molecular weight is 307 g/mol. The highest BCUT2D eigenvalue weighted by atomic mass is 32.2. The molecule has 0 aromatic rings. The lowest BCUT2D eigenvalue weighted by Gasteiger charge is -2.21. The summed E-state index contributed by atoms with van der Waals surface area (Å²) in [7, 11) is -3.66. The minimum Gasteiger partial charge on any atom is -0.480 e. The zero-order valence-corrected chi connectivity index (χ0v) is 13.6. The highest BCUT2D eigenvalue weighted by Crippen LogP contribution is 2.10. The zero-order chi connectivity index (χ0) is 15.4. The second kappa shape index (κ2) is 11.1. The molecule has 0 fully saturated rings. The number of hydrogen-bond donors (Lipinski definition) is 1. The van der Waals surface area contributed by atoms with Crippen molar-refractivity contribution in [1.82, 2.24) is 4.31 Å². The molecule has 0 saturated carbocycles. The van der Waals surface area contributed by atoms with Crippen LogP contribution in [0.3, 0.4) is 0 Å². The van der Waals surface area contributed by atoms with Crippen LogP contribution in [0.15, 0.2) is 0 Å². The van der Waals surface area contributed by atoms with E-state index >= 15 is 0 Å². The van der Waals surface area contributed by atoms with Crippen molar-refractivity contribution in [3.63, 3.8) is 0 Å². The molecule has 1 N–H and O–H groups in total. The molecule has 120 valence electrons. The molecule has 0 amide bonds. The third kappa shape index (κ3) is 9.31. The van der Waals surface area contributed by atoms with E-state index in [1.165, 1.54) is 4.31 Å². The average Bonchev–Trinajstić information content (AvgIpc) is 2.35. The first-order valence-electron chi connectivity index (χ1n) is 7.63. The lowest BCUT2D eigenvalue weighted by molar-refractivity contribution is -0.134. The van der Waals surface area contributed by atoms with E-state index < -0.39 is 21.7 Å². The maximum Gasteiger partial charge on any atom is 0.320 e. The lowest BCUT2D eigenvalue weighted by Crippen LogP contribution is -2.37. The maximum absolute atomic E-state index is 12.0. The second-order valence-corrected chi connectivity index (χ2v) is 7.14. The second-order valence-electron chi connectivity index (χ2n) is 5.17. The van der Waals surface area contributed by atoms with Gasteiger partial charge in [-0.05, 0) is 12.8 Å². The van der Waals surface area contributed by atoms with Crippen LogP contribution in [-0.4, -0.2) is 42.6 Å². The van der Waals surface area contributed by atoms with Crippen molar-refractivity contribution in [2.45, 2.75) is 65.2 Å². The summed E-state index contributed by atoms with van der Waals surface area (Å²) in [4.78, 5) is 10.7. The molecular formula is C14H29NO4S. The smallest absolute Gasteiger partial charge is 0.320 e.